The van der Waals surface area contributed by atoms with E-state index in [1.165, 1.54) is 15.4 Å². The molecule has 0 spiro atoms. The molecule has 2 aliphatic rings. The van der Waals surface area contributed by atoms with Crippen molar-refractivity contribution in [3.05, 3.63) is 77.9 Å². The Bertz CT molecular complexity index is 1250. The fraction of sp³-hybridized carbons (Fsp3) is 0.346. The maximum atomic E-state index is 13.2. The van der Waals surface area contributed by atoms with Gasteiger partial charge in [-0.1, -0.05) is 54.6 Å². The summed E-state index contributed by atoms with van der Waals surface area (Å²) in [6.45, 7) is 0.739. The summed E-state index contributed by atoms with van der Waals surface area (Å²) >= 11 is 0. The SMILES string of the molecule is O=C(NC1CCCc2ccccc21)C1CCN(S(=O)(=O)c2ccc3ccccc3c2)CC1. The second-order valence-electron chi connectivity index (χ2n) is 8.84. The molecule has 32 heavy (non-hydrogen) atoms. The van der Waals surface area contributed by atoms with Gasteiger partial charge >= 0.3 is 0 Å². The number of amides is 1. The fourth-order valence-corrected chi connectivity index (χ4v) is 6.53. The summed E-state index contributed by atoms with van der Waals surface area (Å²) < 4.78 is 27.9. The second-order valence-corrected chi connectivity index (χ2v) is 10.8. The van der Waals surface area contributed by atoms with Crippen LogP contribution in [0.5, 0.6) is 0 Å². The van der Waals surface area contributed by atoms with Crippen LogP contribution in [0.3, 0.4) is 0 Å². The number of nitrogens with one attached hydrogen (secondary N) is 1. The Morgan fingerprint density at radius 2 is 1.59 bits per heavy atom. The third-order valence-corrected chi connectivity index (χ3v) is 8.76. The van der Waals surface area contributed by atoms with E-state index in [0.717, 1.165) is 30.0 Å². The van der Waals surface area contributed by atoms with Crippen LogP contribution in [0.15, 0.2) is 71.6 Å². The van der Waals surface area contributed by atoms with E-state index in [1.807, 2.05) is 36.4 Å². The predicted octanol–water partition coefficient (Wildman–Crippen LogP) is 4.43. The lowest BCUT2D eigenvalue weighted by Gasteiger charge is -2.32. The molecule has 3 aromatic rings. The van der Waals surface area contributed by atoms with Gasteiger partial charge in [0.05, 0.1) is 10.9 Å². The smallest absolute Gasteiger partial charge is 0.243 e. The van der Waals surface area contributed by atoms with E-state index in [-0.39, 0.29) is 17.9 Å². The normalized spacial score (nSPS) is 20.1. The lowest BCUT2D eigenvalue weighted by atomic mass is 9.87. The van der Waals surface area contributed by atoms with Crippen LogP contribution in [-0.4, -0.2) is 31.7 Å². The molecule has 166 valence electrons. The number of carbonyl (C=O) groups is 1. The van der Waals surface area contributed by atoms with Gasteiger partial charge in [-0.25, -0.2) is 8.42 Å². The number of hydrogen-bond acceptors (Lipinski definition) is 3. The van der Waals surface area contributed by atoms with Crippen LogP contribution in [0.2, 0.25) is 0 Å². The molecule has 0 radical (unpaired) electrons. The quantitative estimate of drug-likeness (QED) is 0.642. The van der Waals surface area contributed by atoms with Gasteiger partial charge in [0.2, 0.25) is 15.9 Å². The molecule has 1 heterocycles. The van der Waals surface area contributed by atoms with Gasteiger partial charge in [0.15, 0.2) is 0 Å². The molecule has 1 amide bonds. The largest absolute Gasteiger partial charge is 0.349 e. The lowest BCUT2D eigenvalue weighted by Crippen LogP contribution is -2.44. The van der Waals surface area contributed by atoms with E-state index < -0.39 is 10.0 Å². The molecule has 0 bridgehead atoms. The van der Waals surface area contributed by atoms with Gasteiger partial charge in [-0.3, -0.25) is 4.79 Å². The number of carbonyl (C=O) groups excluding carboxylic acids is 1. The van der Waals surface area contributed by atoms with Crippen LogP contribution < -0.4 is 5.32 Å². The lowest BCUT2D eigenvalue weighted by molar-refractivity contribution is -0.127. The van der Waals surface area contributed by atoms with Gasteiger partial charge in [0.25, 0.3) is 0 Å². The minimum atomic E-state index is -3.57. The van der Waals surface area contributed by atoms with Crippen LogP contribution in [0.25, 0.3) is 10.8 Å². The van der Waals surface area contributed by atoms with Gasteiger partial charge in [-0.15, -0.1) is 0 Å². The zero-order valence-electron chi connectivity index (χ0n) is 18.0. The van der Waals surface area contributed by atoms with Crippen molar-refractivity contribution in [1.29, 1.82) is 0 Å². The Morgan fingerprint density at radius 1 is 0.875 bits per heavy atom. The monoisotopic (exact) mass is 448 g/mol. The maximum absolute atomic E-state index is 13.2. The standard InChI is InChI=1S/C26H28N2O3S/c29-26(27-25-11-5-9-20-7-3-4-10-24(20)25)21-14-16-28(17-15-21)32(30,31)23-13-12-19-6-1-2-8-22(19)18-23/h1-4,6-8,10,12-13,18,21,25H,5,9,11,14-17H2,(H,27,29). The highest BCUT2D eigenvalue weighted by molar-refractivity contribution is 7.89. The minimum Gasteiger partial charge on any atom is -0.349 e. The number of benzene rings is 3. The molecule has 6 heteroatoms. The van der Waals surface area contributed by atoms with Gasteiger partial charge in [0, 0.05) is 19.0 Å². The molecule has 5 rings (SSSR count). The highest BCUT2D eigenvalue weighted by Crippen LogP contribution is 2.31. The Labute approximate surface area is 189 Å². The number of aryl methyl sites for hydroxylation is 1. The predicted molar refractivity (Wildman–Crippen MR) is 126 cm³/mol. The van der Waals surface area contributed by atoms with E-state index in [9.17, 15) is 13.2 Å². The van der Waals surface area contributed by atoms with E-state index in [4.69, 9.17) is 0 Å². The molecule has 5 nitrogen and oxygen atoms in total. The molecular weight excluding hydrogens is 420 g/mol. The van der Waals surface area contributed by atoms with Crippen LogP contribution in [0.1, 0.15) is 42.9 Å². The van der Waals surface area contributed by atoms with Crippen LogP contribution in [0, 0.1) is 5.92 Å². The second kappa shape index (κ2) is 8.68. The van der Waals surface area contributed by atoms with Crippen molar-refractivity contribution in [2.45, 2.75) is 43.0 Å². The molecule has 1 saturated heterocycles. The highest BCUT2D eigenvalue weighted by atomic mass is 32.2. The first-order valence-corrected chi connectivity index (χ1v) is 12.8. The Hall–Kier alpha value is -2.70. The van der Waals surface area contributed by atoms with Crippen molar-refractivity contribution < 1.29 is 13.2 Å². The van der Waals surface area contributed by atoms with Crippen molar-refractivity contribution >= 4 is 26.7 Å². The molecular formula is C26H28N2O3S. The van der Waals surface area contributed by atoms with Crippen molar-refractivity contribution in [2.75, 3.05) is 13.1 Å². The van der Waals surface area contributed by atoms with Crippen molar-refractivity contribution in [1.82, 2.24) is 9.62 Å². The van der Waals surface area contributed by atoms with Gasteiger partial charge in [0.1, 0.15) is 0 Å². The number of nitrogens with zero attached hydrogens (tertiary/aromatic N) is 1. The summed E-state index contributed by atoms with van der Waals surface area (Å²) in [7, 11) is -3.57. The maximum Gasteiger partial charge on any atom is 0.243 e. The number of fused-ring (bicyclic) bond motifs is 2. The number of rotatable bonds is 4. The number of piperidine rings is 1. The number of hydrogen-bond donors (Lipinski definition) is 1. The van der Waals surface area contributed by atoms with E-state index >= 15 is 0 Å². The molecule has 1 N–H and O–H groups in total. The minimum absolute atomic E-state index is 0.0504. The molecule has 0 saturated carbocycles. The summed E-state index contributed by atoms with van der Waals surface area (Å²) in [5, 5.41) is 5.18. The first-order valence-electron chi connectivity index (χ1n) is 11.4. The first kappa shape index (κ1) is 21.2. The first-order chi connectivity index (χ1) is 15.5. The average molecular weight is 449 g/mol. The fourth-order valence-electron chi connectivity index (χ4n) is 5.03. The molecule has 1 aliphatic heterocycles. The third-order valence-electron chi connectivity index (χ3n) is 6.87. The topological polar surface area (TPSA) is 66.5 Å². The van der Waals surface area contributed by atoms with Crippen molar-refractivity contribution in [3.8, 4) is 0 Å². The molecule has 1 atom stereocenters. The molecule has 1 fully saturated rings. The van der Waals surface area contributed by atoms with Crippen LogP contribution in [-0.2, 0) is 21.2 Å². The highest BCUT2D eigenvalue weighted by Gasteiger charge is 2.33. The van der Waals surface area contributed by atoms with E-state index in [2.05, 4.69) is 23.5 Å². The van der Waals surface area contributed by atoms with Crippen molar-refractivity contribution in [2.24, 2.45) is 5.92 Å². The van der Waals surface area contributed by atoms with Gasteiger partial charge < -0.3 is 5.32 Å². The Balaban J connectivity index is 1.24. The zero-order valence-corrected chi connectivity index (χ0v) is 18.9. The van der Waals surface area contributed by atoms with Gasteiger partial charge in [-0.05, 0) is 66.1 Å². The summed E-state index contributed by atoms with van der Waals surface area (Å²) in [6, 6.07) is 21.4. The Kier molecular flexibility index (Phi) is 5.74. The average Bonchev–Trinajstić information content (AvgIpc) is 2.84. The molecule has 0 aromatic heterocycles. The van der Waals surface area contributed by atoms with Crippen LogP contribution in [0.4, 0.5) is 0 Å². The van der Waals surface area contributed by atoms with Crippen molar-refractivity contribution in [3.63, 3.8) is 0 Å². The van der Waals surface area contributed by atoms with E-state index in [1.54, 1.807) is 12.1 Å². The summed E-state index contributed by atoms with van der Waals surface area (Å²) in [5.74, 6) is -0.0957. The molecule has 1 unspecified atom stereocenters. The Morgan fingerprint density at radius 3 is 2.41 bits per heavy atom. The van der Waals surface area contributed by atoms with Crippen LogP contribution >= 0.6 is 0 Å². The molecule has 1 aliphatic carbocycles. The summed E-state index contributed by atoms with van der Waals surface area (Å²) in [4.78, 5) is 13.3. The van der Waals surface area contributed by atoms with E-state index in [0.29, 0.717) is 30.8 Å². The summed E-state index contributed by atoms with van der Waals surface area (Å²) in [5.41, 5.74) is 2.55. The van der Waals surface area contributed by atoms with Gasteiger partial charge in [-0.2, -0.15) is 4.31 Å². The third kappa shape index (κ3) is 4.05. The number of sulfonamides is 1. The zero-order chi connectivity index (χ0) is 22.1. The summed E-state index contributed by atoms with van der Waals surface area (Å²) in [6.07, 6.45) is 4.19. The molecule has 3 aromatic carbocycles.